The third-order valence-electron chi connectivity index (χ3n) is 5.53. The number of amides is 1. The summed E-state index contributed by atoms with van der Waals surface area (Å²) in [6, 6.07) is 14.6. The molecule has 2 nitrogen and oxygen atoms in total. The number of nitrogens with zero attached hydrogens (tertiary/aromatic N) is 1. The molecule has 0 N–H and O–H groups in total. The molecule has 0 saturated carbocycles. The van der Waals surface area contributed by atoms with Gasteiger partial charge in [0.05, 0.1) is 21.0 Å². The van der Waals surface area contributed by atoms with Crippen LogP contribution in [0.25, 0.3) is 6.08 Å². The predicted octanol–water partition coefficient (Wildman–Crippen LogP) is 8.82. The SMILES string of the molecule is O=C1c2ccccc2CN1Cc1ccc(/C=C/C(c2cc(Cl)c(Cl)c(Cl)c2)C(F)(F)F)cc1Cl. The zero-order valence-corrected chi connectivity index (χ0v) is 20.4. The van der Waals surface area contributed by atoms with Crippen LogP contribution in [0.3, 0.4) is 0 Å². The second kappa shape index (κ2) is 9.82. The number of rotatable bonds is 5. The molecule has 0 aliphatic carbocycles. The number of carbonyl (C=O) groups is 1. The van der Waals surface area contributed by atoms with E-state index in [0.717, 1.165) is 23.8 Å². The molecule has 0 saturated heterocycles. The van der Waals surface area contributed by atoms with Crippen LogP contribution in [0.4, 0.5) is 13.2 Å². The fourth-order valence-electron chi connectivity index (χ4n) is 3.81. The van der Waals surface area contributed by atoms with E-state index in [4.69, 9.17) is 46.4 Å². The molecule has 1 aliphatic heterocycles. The minimum absolute atomic E-state index is 0.000983. The number of allylic oxidation sites excluding steroid dienone is 1. The lowest BCUT2D eigenvalue weighted by atomic mass is 9.97. The third kappa shape index (κ3) is 5.23. The van der Waals surface area contributed by atoms with Crippen molar-refractivity contribution >= 4 is 58.4 Å². The lowest BCUT2D eigenvalue weighted by molar-refractivity contribution is -0.139. The topological polar surface area (TPSA) is 20.3 Å². The number of hydrogen-bond acceptors (Lipinski definition) is 1. The molecule has 9 heteroatoms. The first-order chi connectivity index (χ1) is 16.0. The first-order valence-corrected chi connectivity index (χ1v) is 11.6. The van der Waals surface area contributed by atoms with Gasteiger partial charge in [-0.25, -0.2) is 0 Å². The summed E-state index contributed by atoms with van der Waals surface area (Å²) in [7, 11) is 0. The minimum atomic E-state index is -4.58. The maximum Gasteiger partial charge on any atom is 0.399 e. The molecule has 1 amide bonds. The Balaban J connectivity index is 1.54. The monoisotopic (exact) mass is 543 g/mol. The summed E-state index contributed by atoms with van der Waals surface area (Å²) < 4.78 is 41.3. The molecule has 176 valence electrons. The van der Waals surface area contributed by atoms with Gasteiger partial charge in [-0.2, -0.15) is 13.2 Å². The van der Waals surface area contributed by atoms with Crippen LogP contribution in [0, 0.1) is 0 Å². The first kappa shape index (κ1) is 24.9. The lowest BCUT2D eigenvalue weighted by Crippen LogP contribution is -2.23. The maximum atomic E-state index is 13.8. The van der Waals surface area contributed by atoms with E-state index in [0.29, 0.717) is 34.8 Å². The zero-order chi connectivity index (χ0) is 24.6. The highest BCUT2D eigenvalue weighted by Gasteiger charge is 2.39. The van der Waals surface area contributed by atoms with Crippen molar-refractivity contribution in [1.29, 1.82) is 0 Å². The summed E-state index contributed by atoms with van der Waals surface area (Å²) in [4.78, 5) is 14.3. The van der Waals surface area contributed by atoms with Crippen LogP contribution in [0.2, 0.25) is 20.1 Å². The van der Waals surface area contributed by atoms with Gasteiger partial charge in [0.2, 0.25) is 0 Å². The lowest BCUT2D eigenvalue weighted by Gasteiger charge is -2.19. The van der Waals surface area contributed by atoms with Gasteiger partial charge in [0.25, 0.3) is 5.91 Å². The Hall–Kier alpha value is -2.18. The quantitative estimate of drug-likeness (QED) is 0.294. The minimum Gasteiger partial charge on any atom is -0.330 e. The second-order valence-corrected chi connectivity index (χ2v) is 9.45. The number of alkyl halides is 3. The standard InChI is InChI=1S/C25H16Cl4F3NO/c26-20-9-14(5-7-16(20)13-33-12-15-3-1-2-4-18(15)24(33)34)6-8-19(25(30,31)32)17-10-21(27)23(29)22(28)11-17/h1-11,19H,12-13H2/b8-6+. The molecule has 0 aromatic heterocycles. The Labute approximate surface area is 214 Å². The number of benzene rings is 3. The summed E-state index contributed by atoms with van der Waals surface area (Å²) in [5, 5.41) is 0.238. The molecule has 3 aromatic carbocycles. The van der Waals surface area contributed by atoms with Gasteiger partial charge < -0.3 is 4.90 Å². The Morgan fingerprint density at radius 2 is 1.62 bits per heavy atom. The predicted molar refractivity (Wildman–Crippen MR) is 131 cm³/mol. The van der Waals surface area contributed by atoms with Gasteiger partial charge in [0.15, 0.2) is 0 Å². The van der Waals surface area contributed by atoms with Crippen molar-refractivity contribution in [2.45, 2.75) is 25.2 Å². The highest BCUT2D eigenvalue weighted by atomic mass is 35.5. The fourth-order valence-corrected chi connectivity index (χ4v) is 4.68. The molecule has 1 unspecified atom stereocenters. The Kier molecular flexibility index (Phi) is 7.20. The van der Waals surface area contributed by atoms with E-state index in [1.807, 2.05) is 18.2 Å². The zero-order valence-electron chi connectivity index (χ0n) is 17.3. The Bertz CT molecular complexity index is 1270. The molecular formula is C25H16Cl4F3NO. The van der Waals surface area contributed by atoms with E-state index in [9.17, 15) is 18.0 Å². The molecule has 1 heterocycles. The third-order valence-corrected chi connectivity index (χ3v) is 7.08. The average molecular weight is 545 g/mol. The largest absolute Gasteiger partial charge is 0.399 e. The molecule has 0 radical (unpaired) electrons. The molecule has 1 atom stereocenters. The van der Waals surface area contributed by atoms with Gasteiger partial charge in [0.1, 0.15) is 0 Å². The molecule has 3 aromatic rings. The van der Waals surface area contributed by atoms with E-state index in [2.05, 4.69) is 0 Å². The van der Waals surface area contributed by atoms with Gasteiger partial charge in [-0.1, -0.05) is 88.9 Å². The van der Waals surface area contributed by atoms with Crippen LogP contribution >= 0.6 is 46.4 Å². The highest BCUT2D eigenvalue weighted by Crippen LogP contribution is 2.41. The van der Waals surface area contributed by atoms with Crippen LogP contribution in [0.15, 0.2) is 60.7 Å². The van der Waals surface area contributed by atoms with Crippen molar-refractivity contribution in [3.63, 3.8) is 0 Å². The molecule has 1 aliphatic rings. The molecule has 4 rings (SSSR count). The second-order valence-electron chi connectivity index (χ2n) is 7.85. The number of fused-ring (bicyclic) bond motifs is 1. The molecule has 0 fully saturated rings. The van der Waals surface area contributed by atoms with Gasteiger partial charge in [0, 0.05) is 23.7 Å². The van der Waals surface area contributed by atoms with Crippen LogP contribution in [-0.4, -0.2) is 17.0 Å². The molecule has 0 bridgehead atoms. The van der Waals surface area contributed by atoms with Crippen LogP contribution in [0.5, 0.6) is 0 Å². The molecule has 0 spiro atoms. The van der Waals surface area contributed by atoms with E-state index < -0.39 is 12.1 Å². The number of carbonyl (C=O) groups excluding carboxylic acids is 1. The first-order valence-electron chi connectivity index (χ1n) is 10.1. The number of hydrogen-bond donors (Lipinski definition) is 0. The van der Waals surface area contributed by atoms with E-state index >= 15 is 0 Å². The summed E-state index contributed by atoms with van der Waals surface area (Å²) in [6.45, 7) is 0.774. The van der Waals surface area contributed by atoms with Crippen LogP contribution in [-0.2, 0) is 13.1 Å². The van der Waals surface area contributed by atoms with Gasteiger partial charge in [-0.15, -0.1) is 0 Å². The van der Waals surface area contributed by atoms with E-state index in [1.54, 1.807) is 29.2 Å². The Morgan fingerprint density at radius 1 is 0.941 bits per heavy atom. The van der Waals surface area contributed by atoms with Crippen LogP contribution < -0.4 is 0 Å². The van der Waals surface area contributed by atoms with Crippen molar-refractivity contribution in [2.24, 2.45) is 0 Å². The summed E-state index contributed by atoms with van der Waals surface area (Å²) >= 11 is 24.1. The summed E-state index contributed by atoms with van der Waals surface area (Å²) in [5.41, 5.74) is 2.66. The average Bonchev–Trinajstić information content (AvgIpc) is 3.08. The summed E-state index contributed by atoms with van der Waals surface area (Å²) in [6.07, 6.45) is -2.23. The fraction of sp³-hybridized carbons (Fsp3) is 0.160. The number of halogens is 7. The van der Waals surface area contributed by atoms with Gasteiger partial charge in [-0.3, -0.25) is 4.79 Å². The van der Waals surface area contributed by atoms with E-state index in [-0.39, 0.29) is 26.5 Å². The molecule has 34 heavy (non-hydrogen) atoms. The van der Waals surface area contributed by atoms with Crippen molar-refractivity contribution in [1.82, 2.24) is 4.90 Å². The summed E-state index contributed by atoms with van der Waals surface area (Å²) in [5.74, 6) is -2.03. The van der Waals surface area contributed by atoms with E-state index in [1.165, 1.54) is 6.08 Å². The van der Waals surface area contributed by atoms with Crippen molar-refractivity contribution in [3.8, 4) is 0 Å². The normalized spacial score (nSPS) is 14.7. The highest BCUT2D eigenvalue weighted by molar-refractivity contribution is 6.48. The van der Waals surface area contributed by atoms with Gasteiger partial charge in [-0.05, 0) is 46.5 Å². The smallest absolute Gasteiger partial charge is 0.330 e. The van der Waals surface area contributed by atoms with Crippen molar-refractivity contribution in [3.05, 3.63) is 109 Å². The van der Waals surface area contributed by atoms with Crippen LogP contribution in [0.1, 0.15) is 38.5 Å². The maximum absolute atomic E-state index is 13.8. The van der Waals surface area contributed by atoms with Crippen molar-refractivity contribution in [2.75, 3.05) is 0 Å². The van der Waals surface area contributed by atoms with Crippen molar-refractivity contribution < 1.29 is 18.0 Å². The van der Waals surface area contributed by atoms with Gasteiger partial charge >= 0.3 is 6.18 Å². The molecular weight excluding hydrogens is 529 g/mol. The Morgan fingerprint density at radius 3 is 2.24 bits per heavy atom.